The Morgan fingerprint density at radius 2 is 1.72 bits per heavy atom. The van der Waals surface area contributed by atoms with Gasteiger partial charge >= 0.3 is 0 Å². The minimum absolute atomic E-state index is 0.846. The van der Waals surface area contributed by atoms with Gasteiger partial charge in [0.25, 0.3) is 0 Å². The first-order valence-corrected chi connectivity index (χ1v) is 10.2. The van der Waals surface area contributed by atoms with Gasteiger partial charge < -0.3 is 9.64 Å². The molecule has 0 heterocycles. The Labute approximate surface area is 113 Å². The summed E-state index contributed by atoms with van der Waals surface area (Å²) >= 11 is 0. The average Bonchev–Trinajstić information content (AvgIpc) is 2.29. The first kappa shape index (κ1) is 15.4. The Kier molecular flexibility index (Phi) is 6.06. The molecule has 0 bridgehead atoms. The number of benzene rings is 1. The van der Waals surface area contributed by atoms with E-state index in [1.54, 1.807) is 7.11 Å². The molecule has 0 amide bonds. The van der Waals surface area contributed by atoms with E-state index in [0.29, 0.717) is 0 Å². The fourth-order valence-electron chi connectivity index (χ4n) is 1.98. The summed E-state index contributed by atoms with van der Waals surface area (Å²) in [7, 11) is 2.78. The normalized spacial score (nSPS) is 12.1. The molecule has 18 heavy (non-hydrogen) atoms. The van der Waals surface area contributed by atoms with Crippen molar-refractivity contribution in [2.75, 3.05) is 27.3 Å². The maximum atomic E-state index is 5.07. The molecule has 0 radical (unpaired) electrons. The molecule has 0 fully saturated rings. The smallest absolute Gasteiger partial charge is 0.0775 e. The highest BCUT2D eigenvalue weighted by atomic mass is 28.3. The lowest BCUT2D eigenvalue weighted by Gasteiger charge is -2.19. The molecule has 0 atom stereocenters. The Bertz CT molecular complexity index is 343. The Hall–Kier alpha value is -0.643. The zero-order valence-electron chi connectivity index (χ0n) is 12.5. The maximum Gasteiger partial charge on any atom is 0.0775 e. The zero-order chi connectivity index (χ0) is 13.6. The van der Waals surface area contributed by atoms with Crippen molar-refractivity contribution in [2.45, 2.75) is 32.6 Å². The van der Waals surface area contributed by atoms with Gasteiger partial charge in [-0.25, -0.2) is 0 Å². The van der Waals surface area contributed by atoms with Crippen LogP contribution in [-0.4, -0.2) is 40.3 Å². The third-order valence-corrected chi connectivity index (χ3v) is 5.23. The third-order valence-electron chi connectivity index (χ3n) is 3.16. The Balaban J connectivity index is 2.48. The summed E-state index contributed by atoms with van der Waals surface area (Å²) in [5.74, 6) is 0. The van der Waals surface area contributed by atoms with Gasteiger partial charge in [-0.3, -0.25) is 0 Å². The quantitative estimate of drug-likeness (QED) is 0.555. The molecule has 0 N–H and O–H groups in total. The molecule has 0 spiro atoms. The standard InChI is InChI=1S/C15H27NOSi/c1-16(11-6-12-17-2)13-14-7-9-15(10-8-14)18(3,4)5/h7-10H,6,11-13H2,1-5H3. The molecule has 2 nitrogen and oxygen atoms in total. The highest BCUT2D eigenvalue weighted by Crippen LogP contribution is 2.06. The molecule has 3 heteroatoms. The fourth-order valence-corrected chi connectivity index (χ4v) is 3.15. The van der Waals surface area contributed by atoms with E-state index in [2.05, 4.69) is 55.9 Å². The highest BCUT2D eigenvalue weighted by molar-refractivity contribution is 6.88. The summed E-state index contributed by atoms with van der Waals surface area (Å²) in [5.41, 5.74) is 1.40. The van der Waals surface area contributed by atoms with Gasteiger partial charge in [-0.15, -0.1) is 0 Å². The van der Waals surface area contributed by atoms with Gasteiger partial charge in [0.15, 0.2) is 0 Å². The van der Waals surface area contributed by atoms with Gasteiger partial charge in [-0.1, -0.05) is 49.1 Å². The van der Waals surface area contributed by atoms with Crippen LogP contribution in [0.5, 0.6) is 0 Å². The molecule has 0 aromatic heterocycles. The summed E-state index contributed by atoms with van der Waals surface area (Å²) < 4.78 is 5.07. The molecule has 0 aliphatic heterocycles. The van der Waals surface area contributed by atoms with Crippen LogP contribution >= 0.6 is 0 Å². The topological polar surface area (TPSA) is 12.5 Å². The van der Waals surface area contributed by atoms with Crippen molar-refractivity contribution >= 4 is 13.3 Å². The summed E-state index contributed by atoms with van der Waals surface area (Å²) in [5, 5.41) is 1.54. The zero-order valence-corrected chi connectivity index (χ0v) is 13.5. The Morgan fingerprint density at radius 1 is 1.11 bits per heavy atom. The lowest BCUT2D eigenvalue weighted by atomic mass is 10.2. The van der Waals surface area contributed by atoms with E-state index in [1.165, 1.54) is 10.8 Å². The second kappa shape index (κ2) is 7.07. The number of methoxy groups -OCH3 is 1. The van der Waals surface area contributed by atoms with Crippen LogP contribution in [0.3, 0.4) is 0 Å². The second-order valence-corrected chi connectivity index (χ2v) is 11.1. The van der Waals surface area contributed by atoms with E-state index in [1.807, 2.05) is 0 Å². The largest absolute Gasteiger partial charge is 0.385 e. The number of hydrogen-bond donors (Lipinski definition) is 0. The van der Waals surface area contributed by atoms with Gasteiger partial charge in [0.2, 0.25) is 0 Å². The van der Waals surface area contributed by atoms with Crippen molar-refractivity contribution < 1.29 is 4.74 Å². The summed E-state index contributed by atoms with van der Waals surface area (Å²) in [6, 6.07) is 9.18. The van der Waals surface area contributed by atoms with Gasteiger partial charge in [0.1, 0.15) is 0 Å². The van der Waals surface area contributed by atoms with Crippen LogP contribution in [0.25, 0.3) is 0 Å². The van der Waals surface area contributed by atoms with Crippen molar-refractivity contribution in [1.29, 1.82) is 0 Å². The van der Waals surface area contributed by atoms with Crippen LogP contribution in [0.2, 0.25) is 19.6 Å². The van der Waals surface area contributed by atoms with Crippen molar-refractivity contribution in [3.05, 3.63) is 29.8 Å². The lowest BCUT2D eigenvalue weighted by Crippen LogP contribution is -2.37. The van der Waals surface area contributed by atoms with Crippen LogP contribution in [-0.2, 0) is 11.3 Å². The van der Waals surface area contributed by atoms with E-state index < -0.39 is 8.07 Å². The number of hydrogen-bond acceptors (Lipinski definition) is 2. The molecule has 1 aromatic rings. The molecular formula is C15H27NOSi. The van der Waals surface area contributed by atoms with Gasteiger partial charge in [0.05, 0.1) is 8.07 Å². The van der Waals surface area contributed by atoms with Crippen LogP contribution < -0.4 is 5.19 Å². The van der Waals surface area contributed by atoms with Crippen LogP contribution in [0.4, 0.5) is 0 Å². The van der Waals surface area contributed by atoms with Gasteiger partial charge in [-0.05, 0) is 19.0 Å². The SMILES string of the molecule is COCCCN(C)Cc1ccc([Si](C)(C)C)cc1. The van der Waals surface area contributed by atoms with Crippen molar-refractivity contribution in [3.63, 3.8) is 0 Å². The third kappa shape index (κ3) is 5.34. The van der Waals surface area contributed by atoms with Crippen molar-refractivity contribution in [1.82, 2.24) is 4.90 Å². The average molecular weight is 265 g/mol. The number of rotatable bonds is 7. The van der Waals surface area contributed by atoms with Crippen LogP contribution in [0, 0.1) is 0 Å². The highest BCUT2D eigenvalue weighted by Gasteiger charge is 2.15. The molecule has 1 rings (SSSR count). The first-order valence-electron chi connectivity index (χ1n) is 6.70. The van der Waals surface area contributed by atoms with E-state index in [4.69, 9.17) is 4.74 Å². The molecule has 0 aliphatic rings. The molecule has 1 aromatic carbocycles. The molecule has 0 saturated carbocycles. The molecular weight excluding hydrogens is 238 g/mol. The predicted molar refractivity (Wildman–Crippen MR) is 82.2 cm³/mol. The maximum absolute atomic E-state index is 5.07. The molecule has 102 valence electrons. The Morgan fingerprint density at radius 3 is 2.22 bits per heavy atom. The fraction of sp³-hybridized carbons (Fsp3) is 0.600. The van der Waals surface area contributed by atoms with Gasteiger partial charge in [-0.2, -0.15) is 0 Å². The summed E-state index contributed by atoms with van der Waals surface area (Å²) in [6.45, 7) is 10.1. The summed E-state index contributed by atoms with van der Waals surface area (Å²) in [6.07, 6.45) is 1.10. The second-order valence-electron chi connectivity index (χ2n) is 6.03. The number of nitrogens with zero attached hydrogens (tertiary/aromatic N) is 1. The number of ether oxygens (including phenoxy) is 1. The monoisotopic (exact) mass is 265 g/mol. The van der Waals surface area contributed by atoms with E-state index in [0.717, 1.165) is 26.1 Å². The minimum atomic E-state index is -1.15. The predicted octanol–water partition coefficient (Wildman–Crippen LogP) is 2.70. The first-order chi connectivity index (χ1) is 8.43. The summed E-state index contributed by atoms with van der Waals surface area (Å²) in [4.78, 5) is 2.35. The lowest BCUT2D eigenvalue weighted by molar-refractivity contribution is 0.178. The van der Waals surface area contributed by atoms with E-state index in [-0.39, 0.29) is 0 Å². The minimum Gasteiger partial charge on any atom is -0.385 e. The van der Waals surface area contributed by atoms with Crippen LogP contribution in [0.1, 0.15) is 12.0 Å². The van der Waals surface area contributed by atoms with Crippen molar-refractivity contribution in [2.24, 2.45) is 0 Å². The van der Waals surface area contributed by atoms with Crippen molar-refractivity contribution in [3.8, 4) is 0 Å². The molecule has 0 unspecified atom stereocenters. The van der Waals surface area contributed by atoms with E-state index >= 15 is 0 Å². The van der Waals surface area contributed by atoms with Gasteiger partial charge in [0, 0.05) is 26.8 Å². The molecule has 0 aliphatic carbocycles. The van der Waals surface area contributed by atoms with E-state index in [9.17, 15) is 0 Å². The van der Waals surface area contributed by atoms with Crippen LogP contribution in [0.15, 0.2) is 24.3 Å². The molecule has 0 saturated heterocycles.